The van der Waals surface area contributed by atoms with Gasteiger partial charge in [-0.15, -0.1) is 0 Å². The second-order valence-corrected chi connectivity index (χ2v) is 4.86. The Kier molecular flexibility index (Phi) is 6.70. The first-order valence-corrected chi connectivity index (χ1v) is 7.42. The van der Waals surface area contributed by atoms with Crippen LogP contribution < -0.4 is 15.8 Å². The summed E-state index contributed by atoms with van der Waals surface area (Å²) in [4.78, 5) is 0. The molecule has 0 bridgehead atoms. The Balaban J connectivity index is 2.49. The number of ether oxygens (including phenoxy) is 1. The molecule has 1 aromatic carbocycles. The van der Waals surface area contributed by atoms with Crippen molar-refractivity contribution in [1.82, 2.24) is 0 Å². The zero-order chi connectivity index (χ0) is 12.5. The molecule has 0 saturated heterocycles. The van der Waals surface area contributed by atoms with Crippen LogP contribution in [0.25, 0.3) is 0 Å². The minimum Gasteiger partial charge on any atom is -0.491 e. The van der Waals surface area contributed by atoms with Crippen molar-refractivity contribution < 1.29 is 4.74 Å². The number of nitrogens with two attached hydrogens (primary N) is 1. The van der Waals surface area contributed by atoms with Crippen LogP contribution in [0, 0.1) is 0 Å². The Morgan fingerprint density at radius 2 is 2.24 bits per heavy atom. The van der Waals surface area contributed by atoms with Crippen LogP contribution in [-0.4, -0.2) is 25.2 Å². The highest BCUT2D eigenvalue weighted by atomic mass is 32.2. The standard InChI is InChI=1S/C13H22N2OS/c1-3-8-16-13-10-11(5-6-12(13)14)15-7-4-9-17-2/h5-6,10,15H,3-4,7-9,14H2,1-2H3. The molecule has 17 heavy (non-hydrogen) atoms. The van der Waals surface area contributed by atoms with E-state index in [9.17, 15) is 0 Å². The van der Waals surface area contributed by atoms with Gasteiger partial charge in [0.05, 0.1) is 12.3 Å². The molecule has 0 unspecified atom stereocenters. The number of nitrogen functional groups attached to an aromatic ring is 1. The van der Waals surface area contributed by atoms with Crippen LogP contribution >= 0.6 is 11.8 Å². The molecule has 0 radical (unpaired) electrons. The lowest BCUT2D eigenvalue weighted by molar-refractivity contribution is 0.319. The van der Waals surface area contributed by atoms with Crippen molar-refractivity contribution in [2.24, 2.45) is 0 Å². The maximum atomic E-state index is 5.85. The van der Waals surface area contributed by atoms with Crippen LogP contribution in [0.3, 0.4) is 0 Å². The molecule has 3 N–H and O–H groups in total. The van der Waals surface area contributed by atoms with E-state index in [4.69, 9.17) is 10.5 Å². The van der Waals surface area contributed by atoms with Crippen LogP contribution in [-0.2, 0) is 0 Å². The minimum atomic E-state index is 0.702. The normalized spacial score (nSPS) is 10.2. The van der Waals surface area contributed by atoms with E-state index in [2.05, 4.69) is 18.5 Å². The molecule has 0 saturated carbocycles. The molecule has 0 fully saturated rings. The van der Waals surface area contributed by atoms with Gasteiger partial charge in [0.15, 0.2) is 0 Å². The Morgan fingerprint density at radius 3 is 2.94 bits per heavy atom. The van der Waals surface area contributed by atoms with Crippen molar-refractivity contribution in [1.29, 1.82) is 0 Å². The summed E-state index contributed by atoms with van der Waals surface area (Å²) < 4.78 is 5.58. The average molecular weight is 254 g/mol. The third-order valence-corrected chi connectivity index (χ3v) is 3.03. The Labute approximate surface area is 108 Å². The van der Waals surface area contributed by atoms with E-state index in [1.165, 1.54) is 5.75 Å². The molecular weight excluding hydrogens is 232 g/mol. The third kappa shape index (κ3) is 5.22. The first-order valence-electron chi connectivity index (χ1n) is 6.03. The number of nitrogens with one attached hydrogen (secondary N) is 1. The number of anilines is 2. The van der Waals surface area contributed by atoms with E-state index >= 15 is 0 Å². The Bertz CT molecular complexity index is 331. The van der Waals surface area contributed by atoms with Crippen molar-refractivity contribution in [3.63, 3.8) is 0 Å². The van der Waals surface area contributed by atoms with E-state index in [0.717, 1.165) is 30.8 Å². The van der Waals surface area contributed by atoms with Crippen LogP contribution in [0.2, 0.25) is 0 Å². The number of hydrogen-bond acceptors (Lipinski definition) is 4. The minimum absolute atomic E-state index is 0.702. The van der Waals surface area contributed by atoms with Gasteiger partial charge < -0.3 is 15.8 Å². The predicted octanol–water partition coefficient (Wildman–Crippen LogP) is 3.22. The van der Waals surface area contributed by atoms with Crippen LogP contribution in [0.4, 0.5) is 11.4 Å². The maximum absolute atomic E-state index is 5.85. The maximum Gasteiger partial charge on any atom is 0.144 e. The zero-order valence-electron chi connectivity index (χ0n) is 10.7. The molecule has 96 valence electrons. The SMILES string of the molecule is CCCOc1cc(NCCCSC)ccc1N. The first kappa shape index (κ1) is 14.0. The highest BCUT2D eigenvalue weighted by Crippen LogP contribution is 2.25. The molecule has 0 aliphatic carbocycles. The first-order chi connectivity index (χ1) is 8.27. The Morgan fingerprint density at radius 1 is 1.41 bits per heavy atom. The van der Waals surface area contributed by atoms with Gasteiger partial charge in [0.25, 0.3) is 0 Å². The number of benzene rings is 1. The molecule has 0 aromatic heterocycles. The molecule has 0 amide bonds. The van der Waals surface area contributed by atoms with Crippen molar-refractivity contribution in [3.8, 4) is 5.75 Å². The van der Waals surface area contributed by atoms with Crippen LogP contribution in [0.1, 0.15) is 19.8 Å². The van der Waals surface area contributed by atoms with Gasteiger partial charge >= 0.3 is 0 Å². The highest BCUT2D eigenvalue weighted by Gasteiger charge is 2.01. The summed E-state index contributed by atoms with van der Waals surface area (Å²) in [7, 11) is 0. The molecule has 0 aliphatic rings. The molecule has 1 aromatic rings. The number of thioether (sulfide) groups is 1. The third-order valence-electron chi connectivity index (χ3n) is 2.33. The van der Waals surface area contributed by atoms with Gasteiger partial charge in [0.2, 0.25) is 0 Å². The van der Waals surface area contributed by atoms with Crippen molar-refractivity contribution in [2.75, 3.05) is 36.2 Å². The summed E-state index contributed by atoms with van der Waals surface area (Å²) in [6.45, 7) is 3.78. The van der Waals surface area contributed by atoms with Crippen molar-refractivity contribution in [3.05, 3.63) is 18.2 Å². The van der Waals surface area contributed by atoms with Gasteiger partial charge in [-0.25, -0.2) is 0 Å². The lowest BCUT2D eigenvalue weighted by Crippen LogP contribution is -2.04. The second-order valence-electron chi connectivity index (χ2n) is 3.87. The fraction of sp³-hybridized carbons (Fsp3) is 0.538. The molecular formula is C13H22N2OS. The van der Waals surface area contributed by atoms with E-state index in [-0.39, 0.29) is 0 Å². The largest absolute Gasteiger partial charge is 0.491 e. The Hall–Kier alpha value is -1.03. The molecule has 0 aliphatic heterocycles. The number of hydrogen-bond donors (Lipinski definition) is 2. The quantitative estimate of drug-likeness (QED) is 0.552. The summed E-state index contributed by atoms with van der Waals surface area (Å²) in [5, 5.41) is 3.37. The molecule has 4 heteroatoms. The number of rotatable bonds is 8. The molecule has 1 rings (SSSR count). The van der Waals surface area contributed by atoms with Gasteiger partial charge in [-0.3, -0.25) is 0 Å². The van der Waals surface area contributed by atoms with E-state index < -0.39 is 0 Å². The van der Waals surface area contributed by atoms with Gasteiger partial charge in [-0.05, 0) is 37.0 Å². The van der Waals surface area contributed by atoms with Crippen molar-refractivity contribution in [2.45, 2.75) is 19.8 Å². The lowest BCUT2D eigenvalue weighted by Gasteiger charge is -2.11. The average Bonchev–Trinajstić information content (AvgIpc) is 2.35. The summed E-state index contributed by atoms with van der Waals surface area (Å²) in [6, 6.07) is 5.86. The van der Waals surface area contributed by atoms with E-state index in [1.807, 2.05) is 30.0 Å². The summed E-state index contributed by atoms with van der Waals surface area (Å²) in [5.41, 5.74) is 7.63. The zero-order valence-corrected chi connectivity index (χ0v) is 11.5. The smallest absolute Gasteiger partial charge is 0.144 e. The predicted molar refractivity (Wildman–Crippen MR) is 78.1 cm³/mol. The van der Waals surface area contributed by atoms with Gasteiger partial charge in [-0.1, -0.05) is 6.92 Å². The van der Waals surface area contributed by atoms with Crippen LogP contribution in [0.15, 0.2) is 18.2 Å². The van der Waals surface area contributed by atoms with Gasteiger partial charge in [-0.2, -0.15) is 11.8 Å². The molecule has 0 atom stereocenters. The van der Waals surface area contributed by atoms with Crippen LogP contribution in [0.5, 0.6) is 5.75 Å². The highest BCUT2D eigenvalue weighted by molar-refractivity contribution is 7.98. The molecule has 0 spiro atoms. The van der Waals surface area contributed by atoms with E-state index in [0.29, 0.717) is 12.3 Å². The molecule has 3 nitrogen and oxygen atoms in total. The molecule has 0 heterocycles. The summed E-state index contributed by atoms with van der Waals surface area (Å²) in [6.07, 6.45) is 4.28. The second kappa shape index (κ2) is 8.12. The fourth-order valence-corrected chi connectivity index (χ4v) is 1.86. The fourth-order valence-electron chi connectivity index (χ4n) is 1.43. The van der Waals surface area contributed by atoms with Gasteiger partial charge in [0.1, 0.15) is 5.75 Å². The monoisotopic (exact) mass is 254 g/mol. The van der Waals surface area contributed by atoms with Gasteiger partial charge in [0, 0.05) is 18.3 Å². The summed E-state index contributed by atoms with van der Waals surface area (Å²) in [5.74, 6) is 1.96. The topological polar surface area (TPSA) is 47.3 Å². The van der Waals surface area contributed by atoms with Crippen molar-refractivity contribution >= 4 is 23.1 Å². The summed E-state index contributed by atoms with van der Waals surface area (Å²) >= 11 is 1.87. The lowest BCUT2D eigenvalue weighted by atomic mass is 10.2. The van der Waals surface area contributed by atoms with E-state index in [1.54, 1.807) is 0 Å².